The molecule has 0 aliphatic heterocycles. The molecule has 1 heterocycles. The Morgan fingerprint density at radius 1 is 0.333 bits per heavy atom. The number of hydrogen-bond acceptors (Lipinski definition) is 2. The summed E-state index contributed by atoms with van der Waals surface area (Å²) in [5.41, 5.74) is 22.7. The third-order valence-corrected chi connectivity index (χ3v) is 15.0. The molecular weight excluding hydrogens is 763 g/mol. The van der Waals surface area contributed by atoms with Gasteiger partial charge in [-0.15, -0.1) is 0 Å². The molecule has 0 fully saturated rings. The van der Waals surface area contributed by atoms with Crippen LogP contribution in [-0.2, 0) is 16.2 Å². The lowest BCUT2D eigenvalue weighted by Gasteiger charge is -2.46. The average molecular weight is 808 g/mol. The lowest BCUT2D eigenvalue weighted by Crippen LogP contribution is -2.40. The van der Waals surface area contributed by atoms with Crippen molar-refractivity contribution in [2.45, 2.75) is 43.9 Å². The average Bonchev–Trinajstić information content (AvgIpc) is 3.93. The second-order valence-corrected chi connectivity index (χ2v) is 18.8. The Labute approximate surface area is 368 Å². The van der Waals surface area contributed by atoms with Crippen LogP contribution in [0.25, 0.3) is 55.3 Å². The van der Waals surface area contributed by atoms with Gasteiger partial charge in [-0.05, 0) is 115 Å². The molecule has 9 aromatic carbocycles. The summed E-state index contributed by atoms with van der Waals surface area (Å²) < 4.78 is 6.52. The number of nitrogens with zero attached hydrogens (tertiary/aromatic N) is 1. The summed E-state index contributed by atoms with van der Waals surface area (Å²) in [6.45, 7) is 9.52. The first-order valence-electron chi connectivity index (χ1n) is 22.3. The fourth-order valence-corrected chi connectivity index (χ4v) is 12.0. The van der Waals surface area contributed by atoms with Crippen LogP contribution in [0.2, 0.25) is 0 Å². The Kier molecular flexibility index (Phi) is 7.37. The van der Waals surface area contributed by atoms with Gasteiger partial charge in [0.05, 0.1) is 5.41 Å². The Bertz CT molecular complexity index is 3480. The number of para-hydroxylation sites is 2. The minimum absolute atomic E-state index is 0.144. The molecule has 0 atom stereocenters. The van der Waals surface area contributed by atoms with Crippen LogP contribution in [0, 0.1) is 0 Å². The van der Waals surface area contributed by atoms with Crippen molar-refractivity contribution in [2.75, 3.05) is 4.90 Å². The molecule has 13 rings (SSSR count). The number of benzene rings is 9. The van der Waals surface area contributed by atoms with Crippen LogP contribution in [0.3, 0.4) is 0 Å². The van der Waals surface area contributed by atoms with Crippen LogP contribution < -0.4 is 4.90 Å². The molecule has 0 saturated heterocycles. The van der Waals surface area contributed by atoms with Crippen LogP contribution in [0.4, 0.5) is 17.1 Å². The highest BCUT2D eigenvalue weighted by Crippen LogP contribution is 2.63. The first-order valence-corrected chi connectivity index (χ1v) is 22.3. The number of rotatable bonds is 4. The molecule has 3 aliphatic carbocycles. The van der Waals surface area contributed by atoms with Crippen LogP contribution in [-0.4, -0.2) is 0 Å². The molecule has 0 unspecified atom stereocenters. The Hall–Kier alpha value is -7.42. The van der Waals surface area contributed by atoms with Crippen molar-refractivity contribution < 1.29 is 4.42 Å². The Morgan fingerprint density at radius 2 is 0.794 bits per heavy atom. The summed E-state index contributed by atoms with van der Waals surface area (Å²) >= 11 is 0. The number of anilines is 3. The molecular formula is C61H45NO. The third kappa shape index (κ3) is 4.79. The maximum Gasteiger partial charge on any atom is 0.143 e. The van der Waals surface area contributed by atoms with Crippen molar-refractivity contribution in [3.8, 4) is 33.4 Å². The van der Waals surface area contributed by atoms with Gasteiger partial charge in [0.15, 0.2) is 0 Å². The van der Waals surface area contributed by atoms with E-state index in [9.17, 15) is 0 Å². The van der Waals surface area contributed by atoms with E-state index in [1.807, 2.05) is 6.07 Å². The van der Waals surface area contributed by atoms with Gasteiger partial charge < -0.3 is 9.32 Å². The van der Waals surface area contributed by atoms with Crippen molar-refractivity contribution in [1.82, 2.24) is 0 Å². The van der Waals surface area contributed by atoms with Gasteiger partial charge in [0, 0.05) is 44.2 Å². The van der Waals surface area contributed by atoms with Crippen molar-refractivity contribution >= 4 is 39.0 Å². The zero-order chi connectivity index (χ0) is 42.2. The second-order valence-electron chi connectivity index (χ2n) is 18.8. The van der Waals surface area contributed by atoms with Gasteiger partial charge in [-0.25, -0.2) is 0 Å². The Balaban J connectivity index is 1.04. The molecule has 10 aromatic rings. The van der Waals surface area contributed by atoms with Crippen LogP contribution in [0.5, 0.6) is 0 Å². The molecule has 0 amide bonds. The summed E-state index contributed by atoms with van der Waals surface area (Å²) in [6.07, 6.45) is 0. The van der Waals surface area contributed by atoms with Gasteiger partial charge in [0.2, 0.25) is 0 Å². The minimum Gasteiger partial charge on any atom is -0.455 e. The predicted octanol–water partition coefficient (Wildman–Crippen LogP) is 16.0. The number of hydrogen-bond donors (Lipinski definition) is 0. The number of fused-ring (bicyclic) bond motifs is 15. The summed E-state index contributed by atoms with van der Waals surface area (Å²) in [7, 11) is 0. The molecule has 0 bridgehead atoms. The largest absolute Gasteiger partial charge is 0.455 e. The van der Waals surface area contributed by atoms with Gasteiger partial charge in [-0.2, -0.15) is 0 Å². The molecule has 2 heteroatoms. The quantitative estimate of drug-likeness (QED) is 0.176. The van der Waals surface area contributed by atoms with Crippen molar-refractivity contribution in [3.63, 3.8) is 0 Å². The molecule has 300 valence electrons. The molecule has 1 spiro atoms. The molecule has 0 N–H and O–H groups in total. The standard InChI is InChI=1S/C61H45NO/c1-59(2)49-21-8-5-16-43(49)45-34-32-40(36-55(45)59)62(39-30-28-38(29-31-39)42-19-15-20-48-47-18-7-14-27-57(47)63-58(42)48)41-33-35-46-44-17-6-9-22-50(44)61(56(46)37-41)53-25-12-10-23-51(53)60(3,4)52-24-11-13-26-54(52)61/h5-37H,1-4H3. The third-order valence-electron chi connectivity index (χ3n) is 15.0. The lowest BCUT2D eigenvalue weighted by atomic mass is 9.55. The molecule has 0 saturated carbocycles. The SMILES string of the molecule is CC1(C)c2ccccc2-c2ccc(N(c3ccc(-c4cccc5c4oc4ccccc45)cc3)c3ccc4c(c3)C3(c5ccccc5-4)c4ccccc4C(C)(C)c4ccccc43)cc21. The van der Waals surface area contributed by atoms with Gasteiger partial charge in [-0.1, -0.05) is 185 Å². The Morgan fingerprint density at radius 3 is 1.48 bits per heavy atom. The highest BCUT2D eigenvalue weighted by Gasteiger charge is 2.53. The van der Waals surface area contributed by atoms with Gasteiger partial charge in [0.1, 0.15) is 11.2 Å². The zero-order valence-corrected chi connectivity index (χ0v) is 35.9. The normalized spacial score (nSPS) is 15.4. The van der Waals surface area contributed by atoms with Crippen molar-refractivity contribution in [3.05, 3.63) is 245 Å². The van der Waals surface area contributed by atoms with Crippen molar-refractivity contribution in [1.29, 1.82) is 0 Å². The summed E-state index contributed by atoms with van der Waals surface area (Å²) in [6, 6.07) is 74.7. The molecule has 1 aromatic heterocycles. The predicted molar refractivity (Wildman–Crippen MR) is 261 cm³/mol. The highest BCUT2D eigenvalue weighted by molar-refractivity contribution is 6.09. The molecule has 0 radical (unpaired) electrons. The maximum atomic E-state index is 6.52. The van der Waals surface area contributed by atoms with Crippen LogP contribution in [0.15, 0.2) is 205 Å². The van der Waals surface area contributed by atoms with E-state index in [0.717, 1.165) is 50.1 Å². The summed E-state index contributed by atoms with van der Waals surface area (Å²) in [4.78, 5) is 2.48. The smallest absolute Gasteiger partial charge is 0.143 e. The summed E-state index contributed by atoms with van der Waals surface area (Å²) in [5.74, 6) is 0. The first-order chi connectivity index (χ1) is 30.8. The van der Waals surface area contributed by atoms with E-state index < -0.39 is 5.41 Å². The fraction of sp³-hybridized carbons (Fsp3) is 0.115. The van der Waals surface area contributed by atoms with E-state index in [1.54, 1.807) is 0 Å². The minimum atomic E-state index is -0.493. The van der Waals surface area contributed by atoms with Crippen molar-refractivity contribution in [2.24, 2.45) is 0 Å². The maximum absolute atomic E-state index is 6.52. The van der Waals surface area contributed by atoms with E-state index in [2.05, 4.69) is 227 Å². The number of furan rings is 1. The van der Waals surface area contributed by atoms with E-state index >= 15 is 0 Å². The molecule has 2 nitrogen and oxygen atoms in total. The molecule has 63 heavy (non-hydrogen) atoms. The topological polar surface area (TPSA) is 16.4 Å². The monoisotopic (exact) mass is 807 g/mol. The fourth-order valence-electron chi connectivity index (χ4n) is 12.0. The first kappa shape index (κ1) is 36.3. The van der Waals surface area contributed by atoms with Gasteiger partial charge >= 0.3 is 0 Å². The van der Waals surface area contributed by atoms with E-state index in [0.29, 0.717) is 0 Å². The zero-order valence-electron chi connectivity index (χ0n) is 35.9. The van der Waals surface area contributed by atoms with Crippen LogP contribution in [0.1, 0.15) is 72.2 Å². The highest BCUT2D eigenvalue weighted by atomic mass is 16.3. The second kappa shape index (κ2) is 12.8. The van der Waals surface area contributed by atoms with Gasteiger partial charge in [-0.3, -0.25) is 0 Å². The van der Waals surface area contributed by atoms with E-state index in [4.69, 9.17) is 4.42 Å². The van der Waals surface area contributed by atoms with E-state index in [-0.39, 0.29) is 10.8 Å². The lowest BCUT2D eigenvalue weighted by molar-refractivity contribution is 0.563. The van der Waals surface area contributed by atoms with E-state index in [1.165, 1.54) is 66.8 Å². The van der Waals surface area contributed by atoms with Crippen LogP contribution >= 0.6 is 0 Å². The van der Waals surface area contributed by atoms with Gasteiger partial charge in [0.25, 0.3) is 0 Å². The summed E-state index contributed by atoms with van der Waals surface area (Å²) in [5, 5.41) is 2.28. The molecule has 3 aliphatic rings.